The van der Waals surface area contributed by atoms with Gasteiger partial charge in [0.05, 0.1) is 7.11 Å². The van der Waals surface area contributed by atoms with Gasteiger partial charge in [0, 0.05) is 25.0 Å². The van der Waals surface area contributed by atoms with Gasteiger partial charge < -0.3 is 10.5 Å². The molecule has 2 aromatic rings. The standard InChI is InChI=1S/C15H18N2O3S2.ClH/c1-20-14-7-8-21-15(14)22(18,19)17-9-12(13(16)10-17)11-5-3-2-4-6-11;/h2-8,12-13H,9-10,16H2,1H3;1H/t12-,13+;/m0./s1. The van der Waals surface area contributed by atoms with Crippen molar-refractivity contribution < 1.29 is 13.2 Å². The highest BCUT2D eigenvalue weighted by atomic mass is 35.5. The molecular formula is C15H19ClN2O3S2. The van der Waals surface area contributed by atoms with E-state index in [1.807, 2.05) is 30.3 Å². The molecule has 0 amide bonds. The van der Waals surface area contributed by atoms with Crippen molar-refractivity contribution in [2.75, 3.05) is 20.2 Å². The first-order valence-electron chi connectivity index (χ1n) is 6.96. The maximum atomic E-state index is 12.8. The van der Waals surface area contributed by atoms with Crippen molar-refractivity contribution in [3.05, 3.63) is 47.3 Å². The van der Waals surface area contributed by atoms with Gasteiger partial charge in [0.25, 0.3) is 10.0 Å². The summed E-state index contributed by atoms with van der Waals surface area (Å²) in [5.41, 5.74) is 7.26. The Hall–Kier alpha value is -1.12. The predicted octanol–water partition coefficient (Wildman–Crippen LogP) is 2.29. The van der Waals surface area contributed by atoms with E-state index in [0.29, 0.717) is 18.8 Å². The molecule has 1 aliphatic rings. The minimum atomic E-state index is -3.57. The van der Waals surface area contributed by atoms with E-state index in [-0.39, 0.29) is 28.6 Å². The van der Waals surface area contributed by atoms with Gasteiger partial charge in [-0.2, -0.15) is 4.31 Å². The van der Waals surface area contributed by atoms with Crippen LogP contribution in [-0.4, -0.2) is 39.0 Å². The summed E-state index contributed by atoms with van der Waals surface area (Å²) in [6.07, 6.45) is 0. The van der Waals surface area contributed by atoms with Crippen LogP contribution in [0.3, 0.4) is 0 Å². The molecule has 1 saturated heterocycles. The lowest BCUT2D eigenvalue weighted by Crippen LogP contribution is -2.32. The van der Waals surface area contributed by atoms with Gasteiger partial charge in [-0.05, 0) is 17.0 Å². The molecule has 1 aromatic carbocycles. The van der Waals surface area contributed by atoms with E-state index in [9.17, 15) is 8.42 Å². The van der Waals surface area contributed by atoms with Crippen LogP contribution >= 0.6 is 23.7 Å². The summed E-state index contributed by atoms with van der Waals surface area (Å²) in [7, 11) is -2.09. The lowest BCUT2D eigenvalue weighted by molar-refractivity contribution is 0.402. The second-order valence-electron chi connectivity index (χ2n) is 5.28. The van der Waals surface area contributed by atoms with Crippen LogP contribution in [0.25, 0.3) is 0 Å². The van der Waals surface area contributed by atoms with Crippen molar-refractivity contribution in [2.24, 2.45) is 5.73 Å². The number of nitrogens with zero attached hydrogens (tertiary/aromatic N) is 1. The minimum absolute atomic E-state index is 0. The number of rotatable bonds is 4. The highest BCUT2D eigenvalue weighted by molar-refractivity contribution is 7.91. The number of hydrogen-bond acceptors (Lipinski definition) is 5. The highest BCUT2D eigenvalue weighted by Crippen LogP contribution is 2.36. The number of thiophene rings is 1. The predicted molar refractivity (Wildman–Crippen MR) is 94.0 cm³/mol. The largest absolute Gasteiger partial charge is 0.494 e. The highest BCUT2D eigenvalue weighted by Gasteiger charge is 2.39. The molecule has 23 heavy (non-hydrogen) atoms. The maximum Gasteiger partial charge on any atom is 0.256 e. The Morgan fingerprint density at radius 3 is 2.57 bits per heavy atom. The molecule has 2 atom stereocenters. The van der Waals surface area contributed by atoms with Crippen molar-refractivity contribution in [2.45, 2.75) is 16.2 Å². The van der Waals surface area contributed by atoms with Gasteiger partial charge in [-0.15, -0.1) is 23.7 Å². The molecule has 0 bridgehead atoms. The van der Waals surface area contributed by atoms with Crippen LogP contribution in [0.5, 0.6) is 5.75 Å². The summed E-state index contributed by atoms with van der Waals surface area (Å²) in [4.78, 5) is 0. The second kappa shape index (κ2) is 7.19. The number of sulfonamides is 1. The molecule has 5 nitrogen and oxygen atoms in total. The number of hydrogen-bond donors (Lipinski definition) is 1. The van der Waals surface area contributed by atoms with Gasteiger partial charge >= 0.3 is 0 Å². The van der Waals surface area contributed by atoms with Gasteiger partial charge in [0.15, 0.2) is 4.21 Å². The molecule has 0 spiro atoms. The zero-order valence-corrected chi connectivity index (χ0v) is 15.0. The normalized spacial score (nSPS) is 21.8. The molecular weight excluding hydrogens is 356 g/mol. The smallest absolute Gasteiger partial charge is 0.256 e. The Bertz CT molecular complexity index is 749. The Labute approximate surface area is 146 Å². The molecule has 2 heterocycles. The fraction of sp³-hybridized carbons (Fsp3) is 0.333. The van der Waals surface area contributed by atoms with E-state index in [1.165, 1.54) is 22.8 Å². The molecule has 126 valence electrons. The molecule has 0 radical (unpaired) electrons. The van der Waals surface area contributed by atoms with Gasteiger partial charge in [-0.3, -0.25) is 0 Å². The van der Waals surface area contributed by atoms with E-state index in [4.69, 9.17) is 10.5 Å². The van der Waals surface area contributed by atoms with Crippen LogP contribution in [0.1, 0.15) is 11.5 Å². The van der Waals surface area contributed by atoms with Crippen molar-refractivity contribution in [1.29, 1.82) is 0 Å². The quantitative estimate of drug-likeness (QED) is 0.891. The maximum absolute atomic E-state index is 12.8. The van der Waals surface area contributed by atoms with Gasteiger partial charge in [-0.25, -0.2) is 8.42 Å². The van der Waals surface area contributed by atoms with E-state index in [0.717, 1.165) is 5.56 Å². The van der Waals surface area contributed by atoms with Crippen LogP contribution in [0.15, 0.2) is 46.0 Å². The third-order valence-electron chi connectivity index (χ3n) is 3.95. The zero-order chi connectivity index (χ0) is 15.7. The van der Waals surface area contributed by atoms with Crippen molar-refractivity contribution in [1.82, 2.24) is 4.31 Å². The molecule has 1 aromatic heterocycles. The molecule has 8 heteroatoms. The van der Waals surface area contributed by atoms with Crippen molar-refractivity contribution in [3.63, 3.8) is 0 Å². The number of ether oxygens (including phenoxy) is 1. The molecule has 0 aliphatic carbocycles. The lowest BCUT2D eigenvalue weighted by Gasteiger charge is -2.16. The first-order chi connectivity index (χ1) is 10.5. The Morgan fingerprint density at radius 2 is 1.91 bits per heavy atom. The van der Waals surface area contributed by atoms with Gasteiger partial charge in [0.1, 0.15) is 5.75 Å². The Kier molecular flexibility index (Phi) is 5.70. The third-order valence-corrected chi connectivity index (χ3v) is 7.20. The fourth-order valence-corrected chi connectivity index (χ4v) is 5.70. The Balaban J connectivity index is 0.00000192. The lowest BCUT2D eigenvalue weighted by atomic mass is 9.95. The molecule has 0 saturated carbocycles. The van der Waals surface area contributed by atoms with Crippen molar-refractivity contribution in [3.8, 4) is 5.75 Å². The second-order valence-corrected chi connectivity index (χ2v) is 8.33. The molecule has 1 aliphatic heterocycles. The molecule has 3 rings (SSSR count). The number of methoxy groups -OCH3 is 1. The monoisotopic (exact) mass is 374 g/mol. The van der Waals surface area contributed by atoms with E-state index >= 15 is 0 Å². The van der Waals surface area contributed by atoms with Gasteiger partial charge in [-0.1, -0.05) is 30.3 Å². The summed E-state index contributed by atoms with van der Waals surface area (Å²) in [5.74, 6) is 0.406. The summed E-state index contributed by atoms with van der Waals surface area (Å²) in [6.45, 7) is 0.720. The van der Waals surface area contributed by atoms with Crippen LogP contribution in [0.2, 0.25) is 0 Å². The molecule has 1 fully saturated rings. The molecule has 2 N–H and O–H groups in total. The molecule has 0 unspecified atom stereocenters. The topological polar surface area (TPSA) is 72.6 Å². The van der Waals surface area contributed by atoms with Crippen LogP contribution < -0.4 is 10.5 Å². The average molecular weight is 375 g/mol. The first kappa shape index (κ1) is 18.2. The van der Waals surface area contributed by atoms with Crippen molar-refractivity contribution >= 4 is 33.8 Å². The summed E-state index contributed by atoms with van der Waals surface area (Å²) in [6, 6.07) is 11.3. The van der Waals surface area contributed by atoms with E-state index < -0.39 is 10.0 Å². The van der Waals surface area contributed by atoms with E-state index in [1.54, 1.807) is 11.4 Å². The average Bonchev–Trinajstić information content (AvgIpc) is 3.15. The Morgan fingerprint density at radius 1 is 1.22 bits per heavy atom. The zero-order valence-electron chi connectivity index (χ0n) is 12.6. The SMILES string of the molecule is COc1ccsc1S(=O)(=O)N1C[C@@H](N)[C@H](c2ccccc2)C1.Cl. The number of nitrogens with two attached hydrogens (primary N) is 1. The van der Waals surface area contributed by atoms with Crippen LogP contribution in [0, 0.1) is 0 Å². The summed E-state index contributed by atoms with van der Waals surface area (Å²) >= 11 is 1.17. The van der Waals surface area contributed by atoms with E-state index in [2.05, 4.69) is 0 Å². The number of halogens is 1. The van der Waals surface area contributed by atoms with Crippen LogP contribution in [-0.2, 0) is 10.0 Å². The summed E-state index contributed by atoms with van der Waals surface area (Å²) in [5, 5.41) is 1.72. The van der Waals surface area contributed by atoms with Gasteiger partial charge in [0.2, 0.25) is 0 Å². The summed E-state index contributed by atoms with van der Waals surface area (Å²) < 4.78 is 32.4. The third kappa shape index (κ3) is 3.39. The minimum Gasteiger partial charge on any atom is -0.494 e. The van der Waals surface area contributed by atoms with Crippen LogP contribution in [0.4, 0.5) is 0 Å². The first-order valence-corrected chi connectivity index (χ1v) is 9.28. The number of benzene rings is 1. The fourth-order valence-electron chi connectivity index (χ4n) is 2.78.